The first-order valence-corrected chi connectivity index (χ1v) is 6.77. The molecule has 1 rings (SSSR count). The lowest BCUT2D eigenvalue weighted by molar-refractivity contribution is -0.392. The van der Waals surface area contributed by atoms with E-state index in [0.29, 0.717) is 6.42 Å². The third-order valence-corrected chi connectivity index (χ3v) is 4.54. The van der Waals surface area contributed by atoms with Crippen molar-refractivity contribution in [3.8, 4) is 0 Å². The Morgan fingerprint density at radius 2 is 1.35 bits per heavy atom. The number of rotatable bonds is 5. The van der Waals surface area contributed by atoms with Crippen LogP contribution in [0.15, 0.2) is 0 Å². The summed E-state index contributed by atoms with van der Waals surface area (Å²) in [5.74, 6) is -3.57. The molecule has 1 aliphatic carbocycles. The highest BCUT2D eigenvalue weighted by atomic mass is 19.4. The molecule has 0 heterocycles. The Kier molecular flexibility index (Phi) is 4.74. The molecule has 2 unspecified atom stereocenters. The summed E-state index contributed by atoms with van der Waals surface area (Å²) < 4.78 is 78.2. The van der Waals surface area contributed by atoms with Gasteiger partial charge in [-0.3, -0.25) is 0 Å². The molecule has 120 valence electrons. The summed E-state index contributed by atoms with van der Waals surface area (Å²) in [6.45, 7) is 4.73. The van der Waals surface area contributed by atoms with Crippen LogP contribution in [0.5, 0.6) is 0 Å². The van der Waals surface area contributed by atoms with Gasteiger partial charge in [0, 0.05) is 5.92 Å². The Labute approximate surface area is 114 Å². The van der Waals surface area contributed by atoms with Crippen LogP contribution in [-0.2, 0) is 0 Å². The summed E-state index contributed by atoms with van der Waals surface area (Å²) in [5.41, 5.74) is -4.62. The van der Waals surface area contributed by atoms with Crippen LogP contribution in [0.4, 0.5) is 26.3 Å². The molecule has 3 atom stereocenters. The maximum Gasteiger partial charge on any atom is 0.426 e. The molecule has 0 radical (unpaired) electrons. The number of hydrogen-bond donors (Lipinski definition) is 1. The first-order valence-electron chi connectivity index (χ1n) is 6.77. The first kappa shape index (κ1) is 17.6. The van der Waals surface area contributed by atoms with Crippen LogP contribution in [0.2, 0.25) is 0 Å². The van der Waals surface area contributed by atoms with E-state index in [1.165, 1.54) is 0 Å². The fourth-order valence-electron chi connectivity index (χ4n) is 3.19. The van der Waals surface area contributed by atoms with Crippen molar-refractivity contribution in [2.24, 2.45) is 23.7 Å². The van der Waals surface area contributed by atoms with E-state index in [9.17, 15) is 31.4 Å². The molecule has 1 fully saturated rings. The van der Waals surface area contributed by atoms with Gasteiger partial charge in [-0.1, -0.05) is 33.6 Å². The summed E-state index contributed by atoms with van der Waals surface area (Å²) in [4.78, 5) is 0. The molecule has 0 aromatic heterocycles. The van der Waals surface area contributed by atoms with Gasteiger partial charge >= 0.3 is 12.4 Å². The Morgan fingerprint density at radius 3 is 1.55 bits per heavy atom. The average molecular weight is 306 g/mol. The number of aliphatic hydroxyl groups is 1. The van der Waals surface area contributed by atoms with Gasteiger partial charge in [0.15, 0.2) is 0 Å². The molecule has 0 aromatic rings. The van der Waals surface area contributed by atoms with Crippen molar-refractivity contribution in [1.29, 1.82) is 0 Å². The molecule has 0 aromatic carbocycles. The molecular weight excluding hydrogens is 286 g/mol. The lowest BCUT2D eigenvalue weighted by Gasteiger charge is -2.42. The quantitative estimate of drug-likeness (QED) is 0.739. The van der Waals surface area contributed by atoms with Gasteiger partial charge in [0.05, 0.1) is 0 Å². The van der Waals surface area contributed by atoms with E-state index in [-0.39, 0.29) is 18.8 Å². The lowest BCUT2D eigenvalue weighted by atomic mass is 9.71. The summed E-state index contributed by atoms with van der Waals surface area (Å²) >= 11 is 0. The molecule has 7 heteroatoms. The molecule has 0 bridgehead atoms. The van der Waals surface area contributed by atoms with Crippen molar-refractivity contribution in [2.75, 3.05) is 0 Å². The zero-order chi connectivity index (χ0) is 15.9. The SMILES string of the molecule is CCC(CC)C(C1C[C@@H]1C)C(O)(C(F)(F)F)C(F)(F)F. The predicted octanol–water partition coefficient (Wildman–Crippen LogP) is 4.55. The Morgan fingerprint density at radius 1 is 1.00 bits per heavy atom. The van der Waals surface area contributed by atoms with Crippen LogP contribution in [-0.4, -0.2) is 23.1 Å². The van der Waals surface area contributed by atoms with E-state index in [4.69, 9.17) is 0 Å². The van der Waals surface area contributed by atoms with Crippen molar-refractivity contribution in [2.45, 2.75) is 58.0 Å². The van der Waals surface area contributed by atoms with Crippen LogP contribution in [0.1, 0.15) is 40.0 Å². The van der Waals surface area contributed by atoms with Crippen LogP contribution >= 0.6 is 0 Å². The van der Waals surface area contributed by atoms with E-state index >= 15 is 0 Å². The van der Waals surface area contributed by atoms with Gasteiger partial charge in [0.2, 0.25) is 0 Å². The maximum atomic E-state index is 13.0. The zero-order valence-electron chi connectivity index (χ0n) is 11.6. The fraction of sp³-hybridized carbons (Fsp3) is 1.00. The van der Waals surface area contributed by atoms with Crippen molar-refractivity contribution in [3.63, 3.8) is 0 Å². The van der Waals surface area contributed by atoms with Gasteiger partial charge in [0.1, 0.15) is 0 Å². The molecule has 1 aliphatic rings. The summed E-state index contributed by atoms with van der Waals surface area (Å²) in [6.07, 6.45) is -10.8. The highest BCUT2D eigenvalue weighted by molar-refractivity contribution is 5.07. The van der Waals surface area contributed by atoms with E-state index in [2.05, 4.69) is 0 Å². The molecule has 0 amide bonds. The average Bonchev–Trinajstić information content (AvgIpc) is 2.98. The minimum absolute atomic E-state index is 0.179. The van der Waals surface area contributed by atoms with Crippen LogP contribution in [0, 0.1) is 23.7 Å². The molecule has 0 spiro atoms. The van der Waals surface area contributed by atoms with Gasteiger partial charge in [-0.15, -0.1) is 0 Å². The van der Waals surface area contributed by atoms with E-state index in [1.807, 2.05) is 0 Å². The standard InChI is InChI=1S/C13H20F6O/c1-4-8(5-2)10(9-6-7(9)3)11(20,12(14,15)16)13(17,18)19/h7-10,20H,4-6H2,1-3H3/t7-,9?,10?/m0/s1. The molecule has 1 N–H and O–H groups in total. The largest absolute Gasteiger partial charge is 0.426 e. The second-order valence-electron chi connectivity index (χ2n) is 5.74. The predicted molar refractivity (Wildman–Crippen MR) is 61.9 cm³/mol. The van der Waals surface area contributed by atoms with E-state index in [1.54, 1.807) is 20.8 Å². The Bertz CT molecular complexity index is 317. The third-order valence-electron chi connectivity index (χ3n) is 4.54. The smallest absolute Gasteiger partial charge is 0.373 e. The van der Waals surface area contributed by atoms with Gasteiger partial charge in [-0.25, -0.2) is 0 Å². The second kappa shape index (κ2) is 5.39. The van der Waals surface area contributed by atoms with Crippen LogP contribution < -0.4 is 0 Å². The Balaban J connectivity index is 3.32. The monoisotopic (exact) mass is 306 g/mol. The molecule has 1 saturated carbocycles. The Hall–Kier alpha value is -0.460. The van der Waals surface area contributed by atoms with Gasteiger partial charge in [-0.05, 0) is 24.2 Å². The lowest BCUT2D eigenvalue weighted by Crippen LogP contribution is -2.63. The summed E-state index contributed by atoms with van der Waals surface area (Å²) in [6, 6.07) is 0. The van der Waals surface area contributed by atoms with Crippen LogP contribution in [0.25, 0.3) is 0 Å². The van der Waals surface area contributed by atoms with Crippen molar-refractivity contribution >= 4 is 0 Å². The summed E-state index contributed by atoms with van der Waals surface area (Å²) in [7, 11) is 0. The van der Waals surface area contributed by atoms with Gasteiger partial charge < -0.3 is 5.11 Å². The molecule has 1 nitrogen and oxygen atoms in total. The molecular formula is C13H20F6O. The summed E-state index contributed by atoms with van der Waals surface area (Å²) in [5, 5.41) is 9.65. The fourth-order valence-corrected chi connectivity index (χ4v) is 3.19. The number of halogens is 6. The highest BCUT2D eigenvalue weighted by Crippen LogP contribution is 2.59. The van der Waals surface area contributed by atoms with E-state index in [0.717, 1.165) is 0 Å². The second-order valence-corrected chi connectivity index (χ2v) is 5.74. The minimum Gasteiger partial charge on any atom is -0.373 e. The minimum atomic E-state index is -5.72. The maximum absolute atomic E-state index is 13.0. The van der Waals surface area contributed by atoms with Crippen molar-refractivity contribution in [3.05, 3.63) is 0 Å². The number of alkyl halides is 6. The molecule has 0 saturated heterocycles. The van der Waals surface area contributed by atoms with Crippen molar-refractivity contribution < 1.29 is 31.4 Å². The van der Waals surface area contributed by atoms with Gasteiger partial charge in [0.25, 0.3) is 5.60 Å². The van der Waals surface area contributed by atoms with E-state index < -0.39 is 35.7 Å². The zero-order valence-corrected chi connectivity index (χ0v) is 11.6. The number of hydrogen-bond acceptors (Lipinski definition) is 1. The van der Waals surface area contributed by atoms with Crippen LogP contribution in [0.3, 0.4) is 0 Å². The molecule has 20 heavy (non-hydrogen) atoms. The highest BCUT2D eigenvalue weighted by Gasteiger charge is 2.76. The van der Waals surface area contributed by atoms with Gasteiger partial charge in [-0.2, -0.15) is 26.3 Å². The third kappa shape index (κ3) is 2.78. The van der Waals surface area contributed by atoms with Crippen molar-refractivity contribution in [1.82, 2.24) is 0 Å². The first-order chi connectivity index (χ1) is 8.91. The molecule has 0 aliphatic heterocycles. The normalized spacial score (nSPS) is 25.9. The topological polar surface area (TPSA) is 20.2 Å².